The highest BCUT2D eigenvalue weighted by Crippen LogP contribution is 2.24. The molecule has 3 aromatic carbocycles. The van der Waals surface area contributed by atoms with E-state index in [1.165, 1.54) is 43.3 Å². The number of carbonyl (C=O) groups excluding carboxylic acids is 2. The molecule has 0 heterocycles. The molecule has 2 amide bonds. The lowest BCUT2D eigenvalue weighted by atomic mass is 10.2. The van der Waals surface area contributed by atoms with Crippen LogP contribution >= 0.6 is 0 Å². The summed E-state index contributed by atoms with van der Waals surface area (Å²) in [5.74, 6) is -1.09. The third kappa shape index (κ3) is 5.26. The second-order valence-corrected chi connectivity index (χ2v) is 8.34. The van der Waals surface area contributed by atoms with Crippen molar-refractivity contribution in [1.29, 1.82) is 0 Å². The van der Waals surface area contributed by atoms with E-state index in [1.54, 1.807) is 30.3 Å². The van der Waals surface area contributed by atoms with Gasteiger partial charge in [-0.15, -0.1) is 0 Å². The van der Waals surface area contributed by atoms with Crippen molar-refractivity contribution < 1.29 is 22.9 Å². The largest absolute Gasteiger partial charge is 0.280 e. The molecule has 0 radical (unpaired) electrons. The van der Waals surface area contributed by atoms with E-state index in [0.29, 0.717) is 11.1 Å². The van der Waals surface area contributed by atoms with Gasteiger partial charge in [0, 0.05) is 28.4 Å². The number of nitrogens with one attached hydrogen (secondary N) is 3. The Kier molecular flexibility index (Phi) is 6.50. The third-order valence-electron chi connectivity index (χ3n) is 4.41. The van der Waals surface area contributed by atoms with Gasteiger partial charge in [0.25, 0.3) is 27.5 Å². The summed E-state index contributed by atoms with van der Waals surface area (Å²) in [5, 5.41) is 11.1. The Hall–Kier alpha value is -4.25. The fourth-order valence-corrected chi connectivity index (χ4v) is 3.78. The van der Waals surface area contributed by atoms with E-state index in [9.17, 15) is 28.1 Å². The zero-order valence-electron chi connectivity index (χ0n) is 16.7. The van der Waals surface area contributed by atoms with Crippen LogP contribution in [0.2, 0.25) is 0 Å². The standard InChI is InChI=1S/C21H18N4O6S/c1-14-7-12-18(13-19(14)25(28)29)32(30,31)24-17-10-8-16(9-11-17)21(27)23-22-20(26)15-5-3-2-4-6-15/h2-13,24H,1H3,(H,22,26)(H,23,27). The van der Waals surface area contributed by atoms with Gasteiger partial charge in [0.05, 0.1) is 9.82 Å². The molecule has 0 aliphatic rings. The topological polar surface area (TPSA) is 148 Å². The number of amides is 2. The van der Waals surface area contributed by atoms with Crippen LogP contribution in [0.5, 0.6) is 0 Å². The Balaban J connectivity index is 1.66. The Morgan fingerprint density at radius 3 is 1.97 bits per heavy atom. The lowest BCUT2D eigenvalue weighted by Gasteiger charge is -2.10. The van der Waals surface area contributed by atoms with E-state index < -0.39 is 26.8 Å². The summed E-state index contributed by atoms with van der Waals surface area (Å²) >= 11 is 0. The van der Waals surface area contributed by atoms with E-state index in [4.69, 9.17) is 0 Å². The number of anilines is 1. The molecular weight excluding hydrogens is 436 g/mol. The van der Waals surface area contributed by atoms with Crippen molar-refractivity contribution in [3.05, 3.63) is 99.6 Å². The number of nitrogens with zero attached hydrogens (tertiary/aromatic N) is 1. The molecule has 32 heavy (non-hydrogen) atoms. The molecular formula is C21H18N4O6S. The number of nitro groups is 1. The molecule has 164 valence electrons. The summed E-state index contributed by atoms with van der Waals surface area (Å²) in [6.45, 7) is 1.51. The summed E-state index contributed by atoms with van der Waals surface area (Å²) in [7, 11) is -4.08. The highest BCUT2D eigenvalue weighted by molar-refractivity contribution is 7.92. The maximum Gasteiger partial charge on any atom is 0.273 e. The van der Waals surface area contributed by atoms with Crippen LogP contribution in [0, 0.1) is 17.0 Å². The average molecular weight is 454 g/mol. The summed E-state index contributed by atoms with van der Waals surface area (Å²) in [6, 6.07) is 17.3. The molecule has 0 atom stereocenters. The van der Waals surface area contributed by atoms with Gasteiger partial charge in [-0.2, -0.15) is 0 Å². The monoisotopic (exact) mass is 454 g/mol. The van der Waals surface area contributed by atoms with Crippen LogP contribution < -0.4 is 15.6 Å². The van der Waals surface area contributed by atoms with Crippen LogP contribution in [0.3, 0.4) is 0 Å². The van der Waals surface area contributed by atoms with Crippen molar-refractivity contribution in [3.63, 3.8) is 0 Å². The SMILES string of the molecule is Cc1ccc(S(=O)(=O)Nc2ccc(C(=O)NNC(=O)c3ccccc3)cc2)cc1[N+](=O)[O-]. The summed E-state index contributed by atoms with van der Waals surface area (Å²) in [6.07, 6.45) is 0. The summed E-state index contributed by atoms with van der Waals surface area (Å²) < 4.78 is 27.4. The summed E-state index contributed by atoms with van der Waals surface area (Å²) in [5.41, 5.74) is 5.28. The second-order valence-electron chi connectivity index (χ2n) is 6.66. The second kappa shape index (κ2) is 9.27. The molecule has 3 N–H and O–H groups in total. The van der Waals surface area contributed by atoms with Gasteiger partial charge in [0.2, 0.25) is 0 Å². The zero-order valence-corrected chi connectivity index (χ0v) is 17.5. The molecule has 0 saturated heterocycles. The third-order valence-corrected chi connectivity index (χ3v) is 5.79. The molecule has 0 unspecified atom stereocenters. The number of rotatable bonds is 6. The fourth-order valence-electron chi connectivity index (χ4n) is 2.70. The average Bonchev–Trinajstić information content (AvgIpc) is 2.78. The molecule has 11 heteroatoms. The van der Waals surface area contributed by atoms with Crippen molar-refractivity contribution in [3.8, 4) is 0 Å². The first-order valence-electron chi connectivity index (χ1n) is 9.21. The van der Waals surface area contributed by atoms with Crippen LogP contribution in [0.1, 0.15) is 26.3 Å². The van der Waals surface area contributed by atoms with Gasteiger partial charge in [-0.1, -0.05) is 24.3 Å². The normalized spacial score (nSPS) is 10.8. The minimum Gasteiger partial charge on any atom is -0.280 e. The van der Waals surface area contributed by atoms with Gasteiger partial charge in [0.1, 0.15) is 0 Å². The minimum atomic E-state index is -4.08. The number of hydrogen-bond donors (Lipinski definition) is 3. The first-order chi connectivity index (χ1) is 15.2. The van der Waals surface area contributed by atoms with E-state index in [0.717, 1.165) is 6.07 Å². The predicted molar refractivity (Wildman–Crippen MR) is 116 cm³/mol. The Morgan fingerprint density at radius 2 is 1.41 bits per heavy atom. The first kappa shape index (κ1) is 22.4. The number of hydrazine groups is 1. The number of carbonyl (C=O) groups is 2. The molecule has 3 rings (SSSR count). The van der Waals surface area contributed by atoms with Gasteiger partial charge in [-0.3, -0.25) is 35.3 Å². The fraction of sp³-hybridized carbons (Fsp3) is 0.0476. The van der Waals surface area contributed by atoms with Crippen molar-refractivity contribution in [2.75, 3.05) is 4.72 Å². The molecule has 0 fully saturated rings. The van der Waals surface area contributed by atoms with Gasteiger partial charge in [-0.25, -0.2) is 8.42 Å². The van der Waals surface area contributed by atoms with Crippen molar-refractivity contribution >= 4 is 33.2 Å². The minimum absolute atomic E-state index is 0.151. The van der Waals surface area contributed by atoms with Gasteiger partial charge < -0.3 is 0 Å². The quantitative estimate of drug-likeness (QED) is 0.385. The van der Waals surface area contributed by atoms with Gasteiger partial charge in [-0.05, 0) is 49.4 Å². The number of nitro benzene ring substituents is 1. The Labute approximate surface area is 183 Å². The number of benzene rings is 3. The molecule has 0 aliphatic heterocycles. The maximum absolute atomic E-state index is 12.6. The van der Waals surface area contributed by atoms with Crippen LogP contribution in [0.15, 0.2) is 77.7 Å². The van der Waals surface area contributed by atoms with Crippen molar-refractivity contribution in [2.24, 2.45) is 0 Å². The smallest absolute Gasteiger partial charge is 0.273 e. The summed E-state index contributed by atoms with van der Waals surface area (Å²) in [4.78, 5) is 34.3. The van der Waals surface area contributed by atoms with E-state index >= 15 is 0 Å². The van der Waals surface area contributed by atoms with Crippen molar-refractivity contribution in [1.82, 2.24) is 10.9 Å². The Bertz CT molecular complexity index is 1280. The molecule has 0 aliphatic carbocycles. The number of hydrogen-bond acceptors (Lipinski definition) is 6. The highest BCUT2D eigenvalue weighted by Gasteiger charge is 2.20. The molecule has 0 saturated carbocycles. The van der Waals surface area contributed by atoms with Crippen LogP contribution in [-0.2, 0) is 10.0 Å². The number of sulfonamides is 1. The molecule has 0 aromatic heterocycles. The van der Waals surface area contributed by atoms with Crippen LogP contribution in [0.25, 0.3) is 0 Å². The maximum atomic E-state index is 12.6. The van der Waals surface area contributed by atoms with Gasteiger partial charge >= 0.3 is 0 Å². The Morgan fingerprint density at radius 1 is 0.844 bits per heavy atom. The molecule has 3 aromatic rings. The van der Waals surface area contributed by atoms with E-state index in [1.807, 2.05) is 0 Å². The van der Waals surface area contributed by atoms with Crippen molar-refractivity contribution in [2.45, 2.75) is 11.8 Å². The molecule has 0 spiro atoms. The van der Waals surface area contributed by atoms with Crippen LogP contribution in [0.4, 0.5) is 11.4 Å². The highest BCUT2D eigenvalue weighted by atomic mass is 32.2. The number of aryl methyl sites for hydroxylation is 1. The lowest BCUT2D eigenvalue weighted by Crippen LogP contribution is -2.41. The predicted octanol–water partition coefficient (Wildman–Crippen LogP) is 2.78. The van der Waals surface area contributed by atoms with E-state index in [-0.39, 0.29) is 21.8 Å². The van der Waals surface area contributed by atoms with E-state index in [2.05, 4.69) is 15.6 Å². The first-order valence-corrected chi connectivity index (χ1v) is 10.7. The van der Waals surface area contributed by atoms with Gasteiger partial charge in [0.15, 0.2) is 0 Å². The molecule has 0 bridgehead atoms. The lowest BCUT2D eigenvalue weighted by molar-refractivity contribution is -0.385. The van der Waals surface area contributed by atoms with Crippen LogP contribution in [-0.4, -0.2) is 25.2 Å². The zero-order chi connectivity index (χ0) is 23.3. The molecule has 10 nitrogen and oxygen atoms in total.